The van der Waals surface area contributed by atoms with Gasteiger partial charge in [0.25, 0.3) is 0 Å². The zero-order valence-corrected chi connectivity index (χ0v) is 7.77. The third kappa shape index (κ3) is 1.17. The molecule has 0 atom stereocenters. The van der Waals surface area contributed by atoms with Crippen LogP contribution in [0.1, 0.15) is 0 Å². The van der Waals surface area contributed by atoms with Crippen molar-refractivity contribution < 1.29 is 4.42 Å². The molecule has 0 unspecified atom stereocenters. The lowest BCUT2D eigenvalue weighted by molar-refractivity contribution is 0.570. The molecule has 0 bridgehead atoms. The predicted molar refractivity (Wildman–Crippen MR) is 56.0 cm³/mol. The first-order valence-corrected chi connectivity index (χ1v) is 4.47. The highest BCUT2D eigenvalue weighted by Gasteiger charge is 2.10. The Hall–Kier alpha value is -2.30. The summed E-state index contributed by atoms with van der Waals surface area (Å²) in [5.41, 5.74) is 8.07. The Kier molecular flexibility index (Phi) is 1.53. The molecule has 1 aromatic carbocycles. The summed E-state index contributed by atoms with van der Waals surface area (Å²) in [5.74, 6) is 0.631. The Morgan fingerprint density at radius 3 is 3.07 bits per heavy atom. The second-order valence-corrected chi connectivity index (χ2v) is 3.24. The van der Waals surface area contributed by atoms with E-state index in [1.54, 1.807) is 6.20 Å². The van der Waals surface area contributed by atoms with E-state index in [-0.39, 0.29) is 0 Å². The van der Waals surface area contributed by atoms with E-state index < -0.39 is 0 Å². The van der Waals surface area contributed by atoms with Crippen LogP contribution in [0.5, 0.6) is 0 Å². The normalized spacial score (nSPS) is 10.9. The second-order valence-electron chi connectivity index (χ2n) is 3.24. The Balaban J connectivity index is 2.32. The van der Waals surface area contributed by atoms with Crippen LogP contribution in [-0.2, 0) is 0 Å². The van der Waals surface area contributed by atoms with Crippen LogP contribution >= 0.6 is 0 Å². The van der Waals surface area contributed by atoms with Crippen molar-refractivity contribution in [2.24, 2.45) is 0 Å². The van der Waals surface area contributed by atoms with Gasteiger partial charge in [-0.15, -0.1) is 0 Å². The van der Waals surface area contributed by atoms with E-state index in [2.05, 4.69) is 15.2 Å². The highest BCUT2D eigenvalue weighted by atomic mass is 16.3. The van der Waals surface area contributed by atoms with Crippen LogP contribution in [0.3, 0.4) is 0 Å². The number of hydrogen-bond acceptors (Lipinski definition) is 4. The van der Waals surface area contributed by atoms with Gasteiger partial charge in [-0.2, -0.15) is 5.10 Å². The lowest BCUT2D eigenvalue weighted by Crippen LogP contribution is -1.82. The molecule has 74 valence electrons. The molecule has 2 heterocycles. The molecule has 5 nitrogen and oxygen atoms in total. The van der Waals surface area contributed by atoms with Gasteiger partial charge < -0.3 is 10.2 Å². The number of hydrogen-bond donors (Lipinski definition) is 2. The summed E-state index contributed by atoms with van der Waals surface area (Å²) in [6.45, 7) is 0. The maximum Gasteiger partial charge on any atom is 0.181 e. The number of H-pyrrole nitrogens is 1. The molecule has 2 aromatic heterocycles. The zero-order chi connectivity index (χ0) is 10.3. The molecule has 0 aliphatic heterocycles. The van der Waals surface area contributed by atoms with Gasteiger partial charge in [-0.25, -0.2) is 4.98 Å². The molecule has 3 rings (SSSR count). The standard InChI is InChI=1S/C10H8N4O/c11-6-1-2-8-7(3-6)10(14-13-8)9-4-12-5-15-9/h1-5H,11H2,(H,13,14). The minimum absolute atomic E-state index is 0.631. The average Bonchev–Trinajstić information content (AvgIpc) is 2.83. The van der Waals surface area contributed by atoms with Crippen LogP contribution < -0.4 is 5.73 Å². The van der Waals surface area contributed by atoms with Crippen LogP contribution in [0.15, 0.2) is 35.2 Å². The van der Waals surface area contributed by atoms with E-state index in [0.717, 1.165) is 16.6 Å². The molecule has 3 aromatic rings. The molecular weight excluding hydrogens is 192 g/mol. The van der Waals surface area contributed by atoms with Gasteiger partial charge in [0.2, 0.25) is 0 Å². The molecule has 0 spiro atoms. The summed E-state index contributed by atoms with van der Waals surface area (Å²) >= 11 is 0. The van der Waals surface area contributed by atoms with Crippen molar-refractivity contribution in [1.29, 1.82) is 0 Å². The van der Waals surface area contributed by atoms with Gasteiger partial charge in [0, 0.05) is 11.1 Å². The lowest BCUT2D eigenvalue weighted by Gasteiger charge is -1.93. The van der Waals surface area contributed by atoms with Gasteiger partial charge in [0.1, 0.15) is 5.69 Å². The Morgan fingerprint density at radius 1 is 1.33 bits per heavy atom. The molecule has 0 radical (unpaired) electrons. The number of aromatic nitrogens is 3. The van der Waals surface area contributed by atoms with E-state index in [9.17, 15) is 0 Å². The highest BCUT2D eigenvalue weighted by Crippen LogP contribution is 2.26. The molecule has 0 saturated carbocycles. The molecule has 3 N–H and O–H groups in total. The van der Waals surface area contributed by atoms with E-state index in [1.165, 1.54) is 6.39 Å². The quantitative estimate of drug-likeness (QED) is 0.587. The fraction of sp³-hybridized carbons (Fsp3) is 0. The van der Waals surface area contributed by atoms with Crippen molar-refractivity contribution in [2.75, 3.05) is 5.73 Å². The van der Waals surface area contributed by atoms with Crippen molar-refractivity contribution in [1.82, 2.24) is 15.2 Å². The zero-order valence-electron chi connectivity index (χ0n) is 7.77. The van der Waals surface area contributed by atoms with Crippen LogP contribution in [0.25, 0.3) is 22.4 Å². The summed E-state index contributed by atoms with van der Waals surface area (Å²) in [6, 6.07) is 5.57. The monoisotopic (exact) mass is 200 g/mol. The summed E-state index contributed by atoms with van der Waals surface area (Å²) in [7, 11) is 0. The summed E-state index contributed by atoms with van der Waals surface area (Å²) in [4.78, 5) is 3.86. The van der Waals surface area contributed by atoms with Gasteiger partial charge in [0.05, 0.1) is 11.7 Å². The van der Waals surface area contributed by atoms with E-state index >= 15 is 0 Å². The molecule has 15 heavy (non-hydrogen) atoms. The van der Waals surface area contributed by atoms with E-state index in [4.69, 9.17) is 10.2 Å². The number of aromatic amines is 1. The molecule has 0 saturated heterocycles. The Bertz CT molecular complexity index is 597. The number of fused-ring (bicyclic) bond motifs is 1. The molecule has 0 aliphatic carbocycles. The molecular formula is C10H8N4O. The van der Waals surface area contributed by atoms with Gasteiger partial charge in [-0.05, 0) is 18.2 Å². The van der Waals surface area contributed by atoms with Gasteiger partial charge >= 0.3 is 0 Å². The third-order valence-electron chi connectivity index (χ3n) is 2.25. The number of nitrogens with two attached hydrogens (primary N) is 1. The first kappa shape index (κ1) is 8.05. The first-order chi connectivity index (χ1) is 7.34. The number of nitrogen functional groups attached to an aromatic ring is 1. The van der Waals surface area contributed by atoms with Crippen molar-refractivity contribution in [3.63, 3.8) is 0 Å². The number of nitrogens with one attached hydrogen (secondary N) is 1. The average molecular weight is 200 g/mol. The fourth-order valence-electron chi connectivity index (χ4n) is 1.55. The summed E-state index contributed by atoms with van der Waals surface area (Å²) in [5, 5.41) is 8.01. The number of oxazole rings is 1. The van der Waals surface area contributed by atoms with Crippen molar-refractivity contribution in [2.45, 2.75) is 0 Å². The van der Waals surface area contributed by atoms with Crippen molar-refractivity contribution in [3.05, 3.63) is 30.8 Å². The van der Waals surface area contributed by atoms with Gasteiger partial charge in [-0.3, -0.25) is 5.10 Å². The third-order valence-corrected chi connectivity index (χ3v) is 2.25. The largest absolute Gasteiger partial charge is 0.442 e. The molecule has 0 aliphatic rings. The summed E-state index contributed by atoms with van der Waals surface area (Å²) < 4.78 is 5.19. The smallest absolute Gasteiger partial charge is 0.181 e. The van der Waals surface area contributed by atoms with Crippen molar-refractivity contribution in [3.8, 4) is 11.5 Å². The van der Waals surface area contributed by atoms with Crippen molar-refractivity contribution >= 4 is 16.6 Å². The highest BCUT2D eigenvalue weighted by molar-refractivity contribution is 5.93. The number of nitrogens with zero attached hydrogens (tertiary/aromatic N) is 2. The Labute approximate surface area is 84.9 Å². The number of rotatable bonds is 1. The van der Waals surface area contributed by atoms with Gasteiger partial charge in [0.15, 0.2) is 12.2 Å². The topological polar surface area (TPSA) is 80.7 Å². The maximum absolute atomic E-state index is 5.72. The van der Waals surface area contributed by atoms with E-state index in [0.29, 0.717) is 11.4 Å². The van der Waals surface area contributed by atoms with Gasteiger partial charge in [-0.1, -0.05) is 0 Å². The van der Waals surface area contributed by atoms with Crippen LogP contribution in [0.4, 0.5) is 5.69 Å². The van der Waals surface area contributed by atoms with E-state index in [1.807, 2.05) is 18.2 Å². The Morgan fingerprint density at radius 2 is 2.27 bits per heavy atom. The lowest BCUT2D eigenvalue weighted by atomic mass is 10.2. The molecule has 0 amide bonds. The van der Waals surface area contributed by atoms with Crippen LogP contribution in [0.2, 0.25) is 0 Å². The SMILES string of the molecule is Nc1ccc2[nH]nc(-c3cnco3)c2c1. The molecule has 0 fully saturated rings. The predicted octanol–water partition coefficient (Wildman–Crippen LogP) is 1.80. The second kappa shape index (κ2) is 2.84. The van der Waals surface area contributed by atoms with Crippen LogP contribution in [0, 0.1) is 0 Å². The number of benzene rings is 1. The van der Waals surface area contributed by atoms with Crippen LogP contribution in [-0.4, -0.2) is 15.2 Å². The number of anilines is 1. The maximum atomic E-state index is 5.72. The molecule has 5 heteroatoms. The summed E-state index contributed by atoms with van der Waals surface area (Å²) in [6.07, 6.45) is 3.00. The fourth-order valence-corrected chi connectivity index (χ4v) is 1.55. The minimum Gasteiger partial charge on any atom is -0.442 e. The first-order valence-electron chi connectivity index (χ1n) is 4.47. The minimum atomic E-state index is 0.631.